The van der Waals surface area contributed by atoms with Crippen molar-refractivity contribution in [2.45, 2.75) is 25.9 Å². The molecule has 1 aliphatic rings. The fraction of sp³-hybridized carbons (Fsp3) is 0.286. The molecule has 6 nitrogen and oxygen atoms in total. The molecule has 0 aromatic heterocycles. The Balaban J connectivity index is 2.14. The van der Waals surface area contributed by atoms with Crippen LogP contribution in [0.4, 0.5) is 5.69 Å². The van der Waals surface area contributed by atoms with Gasteiger partial charge in [-0.2, -0.15) is 5.26 Å². The van der Waals surface area contributed by atoms with Gasteiger partial charge in [0, 0.05) is 12.8 Å². The lowest BCUT2D eigenvalue weighted by Gasteiger charge is -2.14. The van der Waals surface area contributed by atoms with E-state index in [9.17, 15) is 14.4 Å². The number of anilines is 1. The lowest BCUT2D eigenvalue weighted by molar-refractivity contribution is -0.121. The monoisotopic (exact) mass is 272 g/mol. The number of imide groups is 1. The average Bonchev–Trinajstić information content (AvgIpc) is 2.78. The van der Waals surface area contributed by atoms with Crippen molar-refractivity contribution in [3.05, 3.63) is 29.8 Å². The van der Waals surface area contributed by atoms with Gasteiger partial charge < -0.3 is 4.74 Å². The molecule has 1 fully saturated rings. The number of hydrogen-bond donors (Lipinski definition) is 0. The number of nitriles is 1. The third kappa shape index (κ3) is 2.67. The second-order valence-electron chi connectivity index (χ2n) is 4.35. The van der Waals surface area contributed by atoms with Gasteiger partial charge in [0.05, 0.1) is 11.3 Å². The first-order chi connectivity index (χ1) is 9.52. The van der Waals surface area contributed by atoms with E-state index in [1.165, 1.54) is 31.2 Å². The molecular formula is C14H12N2O4. The zero-order chi connectivity index (χ0) is 14.7. The lowest BCUT2D eigenvalue weighted by atomic mass is 10.2. The molecule has 20 heavy (non-hydrogen) atoms. The van der Waals surface area contributed by atoms with E-state index in [0.29, 0.717) is 5.69 Å². The normalized spacial score (nSPS) is 15.9. The molecule has 0 bridgehead atoms. The number of nitrogens with zero attached hydrogens (tertiary/aromatic N) is 2. The van der Waals surface area contributed by atoms with E-state index >= 15 is 0 Å². The van der Waals surface area contributed by atoms with Crippen LogP contribution in [-0.2, 0) is 14.3 Å². The van der Waals surface area contributed by atoms with Crippen LogP contribution in [0, 0.1) is 11.3 Å². The Morgan fingerprint density at radius 1 is 1.25 bits per heavy atom. The fourth-order valence-electron chi connectivity index (χ4n) is 1.87. The number of benzene rings is 1. The van der Waals surface area contributed by atoms with Gasteiger partial charge in [0.1, 0.15) is 6.07 Å². The van der Waals surface area contributed by atoms with Crippen LogP contribution in [0.1, 0.15) is 30.1 Å². The summed E-state index contributed by atoms with van der Waals surface area (Å²) in [5.41, 5.74) is 0.692. The molecule has 6 heteroatoms. The summed E-state index contributed by atoms with van der Waals surface area (Å²) in [6.45, 7) is 1.47. The Morgan fingerprint density at radius 3 is 2.30 bits per heavy atom. The SMILES string of the molecule is C[C@H](C#N)OC(=O)c1ccc(N2C(=O)CCC2=O)cc1. The summed E-state index contributed by atoms with van der Waals surface area (Å²) >= 11 is 0. The highest BCUT2D eigenvalue weighted by Crippen LogP contribution is 2.23. The molecule has 0 N–H and O–H groups in total. The standard InChI is InChI=1S/C14H12N2O4/c1-9(8-15)20-14(19)10-2-4-11(5-3-10)16-12(17)6-7-13(16)18/h2-5,9H,6-7H2,1H3/t9-/m1/s1. The molecular weight excluding hydrogens is 260 g/mol. The molecule has 0 saturated carbocycles. The van der Waals surface area contributed by atoms with Crippen LogP contribution in [0.5, 0.6) is 0 Å². The maximum atomic E-state index is 11.7. The third-order valence-corrected chi connectivity index (χ3v) is 2.88. The molecule has 1 atom stereocenters. The zero-order valence-electron chi connectivity index (χ0n) is 10.8. The van der Waals surface area contributed by atoms with Crippen LogP contribution >= 0.6 is 0 Å². The smallest absolute Gasteiger partial charge is 0.339 e. The number of amides is 2. The largest absolute Gasteiger partial charge is 0.444 e. The summed E-state index contributed by atoms with van der Waals surface area (Å²) < 4.78 is 4.85. The van der Waals surface area contributed by atoms with Crippen LogP contribution in [0.15, 0.2) is 24.3 Å². The first-order valence-electron chi connectivity index (χ1n) is 6.09. The van der Waals surface area contributed by atoms with Crippen molar-refractivity contribution in [2.24, 2.45) is 0 Å². The highest BCUT2D eigenvalue weighted by molar-refractivity contribution is 6.19. The van der Waals surface area contributed by atoms with Gasteiger partial charge in [0.2, 0.25) is 11.8 Å². The van der Waals surface area contributed by atoms with Gasteiger partial charge in [-0.3, -0.25) is 14.5 Å². The van der Waals surface area contributed by atoms with Crippen molar-refractivity contribution in [1.29, 1.82) is 5.26 Å². The predicted octanol–water partition coefficient (Wildman–Crippen LogP) is 1.41. The number of hydrogen-bond acceptors (Lipinski definition) is 5. The molecule has 0 unspecified atom stereocenters. The number of carbonyl (C=O) groups excluding carboxylic acids is 3. The molecule has 2 amide bonds. The first-order valence-corrected chi connectivity index (χ1v) is 6.09. The molecule has 1 aromatic rings. The van der Waals surface area contributed by atoms with E-state index in [4.69, 9.17) is 10.00 Å². The average molecular weight is 272 g/mol. The summed E-state index contributed by atoms with van der Waals surface area (Å²) in [4.78, 5) is 35.9. The van der Waals surface area contributed by atoms with E-state index in [1.54, 1.807) is 6.07 Å². The molecule has 102 valence electrons. The van der Waals surface area contributed by atoms with Crippen LogP contribution in [0.3, 0.4) is 0 Å². The Labute approximate surface area is 115 Å². The van der Waals surface area contributed by atoms with Gasteiger partial charge in [-0.25, -0.2) is 4.79 Å². The van der Waals surface area contributed by atoms with Crippen molar-refractivity contribution in [1.82, 2.24) is 0 Å². The van der Waals surface area contributed by atoms with Gasteiger partial charge in [-0.15, -0.1) is 0 Å². The molecule has 1 aromatic carbocycles. The topological polar surface area (TPSA) is 87.5 Å². The molecule has 1 heterocycles. The van der Waals surface area contributed by atoms with Crippen molar-refractivity contribution >= 4 is 23.5 Å². The molecule has 0 radical (unpaired) electrons. The van der Waals surface area contributed by atoms with E-state index < -0.39 is 12.1 Å². The van der Waals surface area contributed by atoms with E-state index in [2.05, 4.69) is 0 Å². The predicted molar refractivity (Wildman–Crippen MR) is 68.7 cm³/mol. The summed E-state index contributed by atoms with van der Waals surface area (Å²) in [7, 11) is 0. The Bertz CT molecular complexity index is 585. The summed E-state index contributed by atoms with van der Waals surface area (Å²) in [5, 5.41) is 8.57. The van der Waals surface area contributed by atoms with Crippen LogP contribution in [0.2, 0.25) is 0 Å². The van der Waals surface area contributed by atoms with Gasteiger partial charge in [0.15, 0.2) is 6.10 Å². The Kier molecular flexibility index (Phi) is 3.80. The maximum absolute atomic E-state index is 11.7. The number of esters is 1. The van der Waals surface area contributed by atoms with E-state index in [-0.39, 0.29) is 30.2 Å². The zero-order valence-corrected chi connectivity index (χ0v) is 10.8. The number of rotatable bonds is 3. The molecule has 0 spiro atoms. The van der Waals surface area contributed by atoms with Crippen molar-refractivity contribution in [2.75, 3.05) is 4.90 Å². The first kappa shape index (κ1) is 13.7. The Hall–Kier alpha value is -2.68. The molecule has 0 aliphatic carbocycles. The number of ether oxygens (including phenoxy) is 1. The van der Waals surface area contributed by atoms with Crippen LogP contribution < -0.4 is 4.90 Å². The van der Waals surface area contributed by atoms with Crippen molar-refractivity contribution in [3.63, 3.8) is 0 Å². The summed E-state index contributed by atoms with van der Waals surface area (Å²) in [6, 6.07) is 7.73. The molecule has 1 aliphatic heterocycles. The van der Waals surface area contributed by atoms with Crippen LogP contribution in [0.25, 0.3) is 0 Å². The van der Waals surface area contributed by atoms with Crippen LogP contribution in [-0.4, -0.2) is 23.9 Å². The van der Waals surface area contributed by atoms with Gasteiger partial charge in [-0.05, 0) is 31.2 Å². The third-order valence-electron chi connectivity index (χ3n) is 2.88. The Morgan fingerprint density at radius 2 is 1.80 bits per heavy atom. The fourth-order valence-corrected chi connectivity index (χ4v) is 1.87. The minimum atomic E-state index is -0.830. The maximum Gasteiger partial charge on any atom is 0.339 e. The summed E-state index contributed by atoms with van der Waals surface area (Å²) in [5.74, 6) is -1.11. The second kappa shape index (κ2) is 5.53. The minimum absolute atomic E-state index is 0.211. The summed E-state index contributed by atoms with van der Waals surface area (Å²) in [6.07, 6.45) is -0.408. The number of carbonyl (C=O) groups is 3. The van der Waals surface area contributed by atoms with Gasteiger partial charge >= 0.3 is 5.97 Å². The van der Waals surface area contributed by atoms with E-state index in [0.717, 1.165) is 4.90 Å². The van der Waals surface area contributed by atoms with E-state index in [1.807, 2.05) is 0 Å². The highest BCUT2D eigenvalue weighted by atomic mass is 16.5. The van der Waals surface area contributed by atoms with Gasteiger partial charge in [0.25, 0.3) is 0 Å². The highest BCUT2D eigenvalue weighted by Gasteiger charge is 2.30. The minimum Gasteiger partial charge on any atom is -0.444 e. The molecule has 1 saturated heterocycles. The van der Waals surface area contributed by atoms with Crippen molar-refractivity contribution in [3.8, 4) is 6.07 Å². The van der Waals surface area contributed by atoms with Crippen molar-refractivity contribution < 1.29 is 19.1 Å². The second-order valence-corrected chi connectivity index (χ2v) is 4.35. The molecule has 2 rings (SSSR count). The van der Waals surface area contributed by atoms with Gasteiger partial charge in [-0.1, -0.05) is 0 Å². The lowest BCUT2D eigenvalue weighted by Crippen LogP contribution is -2.28. The quantitative estimate of drug-likeness (QED) is 0.613.